The van der Waals surface area contributed by atoms with Crippen LogP contribution in [0, 0.1) is 18.8 Å². The molecule has 33 heavy (non-hydrogen) atoms. The molecule has 1 heterocycles. The van der Waals surface area contributed by atoms with Crippen LogP contribution in [-0.2, 0) is 9.59 Å². The van der Waals surface area contributed by atoms with Gasteiger partial charge in [-0.1, -0.05) is 64.7 Å². The van der Waals surface area contributed by atoms with Gasteiger partial charge in [0.05, 0.1) is 0 Å². The van der Waals surface area contributed by atoms with Gasteiger partial charge in [-0.05, 0) is 44.7 Å². The van der Waals surface area contributed by atoms with Crippen molar-refractivity contribution in [3.63, 3.8) is 0 Å². The van der Waals surface area contributed by atoms with Crippen LogP contribution in [0.2, 0.25) is 0 Å². The van der Waals surface area contributed by atoms with Crippen molar-refractivity contribution in [2.75, 3.05) is 19.6 Å². The molecule has 4 atom stereocenters. The number of nitrogens with one attached hydrogen (secondary N) is 1. The summed E-state index contributed by atoms with van der Waals surface area (Å²) in [5, 5.41) is 2.99. The molecule has 1 N–H and O–H groups in total. The first-order chi connectivity index (χ1) is 15.7. The predicted octanol–water partition coefficient (Wildman–Crippen LogP) is 4.42. The minimum Gasteiger partial charge on any atom is -0.340 e. The number of carbonyl (C=O) groups excluding carboxylic acids is 3. The topological polar surface area (TPSA) is 69.7 Å². The van der Waals surface area contributed by atoms with Gasteiger partial charge in [0.1, 0.15) is 6.04 Å². The summed E-state index contributed by atoms with van der Waals surface area (Å²) in [7, 11) is 0. The summed E-state index contributed by atoms with van der Waals surface area (Å²) in [5.74, 6) is 0.0207. The molecule has 6 heteroatoms. The molecular formula is C27H43N3O3. The zero-order valence-electron chi connectivity index (χ0n) is 21.4. The second-order valence-corrected chi connectivity index (χ2v) is 9.61. The number of aryl methyl sites for hydroxylation is 1. The lowest BCUT2D eigenvalue weighted by molar-refractivity contribution is -0.146. The van der Waals surface area contributed by atoms with Crippen LogP contribution in [0.25, 0.3) is 0 Å². The average molecular weight is 458 g/mol. The molecule has 1 aromatic rings. The first-order valence-corrected chi connectivity index (χ1v) is 12.7. The maximum atomic E-state index is 13.5. The molecule has 0 unspecified atom stereocenters. The van der Waals surface area contributed by atoms with Crippen LogP contribution >= 0.6 is 0 Å². The highest BCUT2D eigenvalue weighted by Crippen LogP contribution is 2.21. The van der Waals surface area contributed by atoms with Crippen LogP contribution < -0.4 is 5.32 Å². The third-order valence-electron chi connectivity index (χ3n) is 7.05. The summed E-state index contributed by atoms with van der Waals surface area (Å²) < 4.78 is 0. The second kappa shape index (κ2) is 12.8. The van der Waals surface area contributed by atoms with Crippen molar-refractivity contribution < 1.29 is 14.4 Å². The van der Waals surface area contributed by atoms with Crippen molar-refractivity contribution in [1.29, 1.82) is 0 Å². The Morgan fingerprint density at radius 2 is 1.70 bits per heavy atom. The first kappa shape index (κ1) is 26.9. The van der Waals surface area contributed by atoms with E-state index < -0.39 is 6.04 Å². The highest BCUT2D eigenvalue weighted by molar-refractivity contribution is 5.97. The predicted molar refractivity (Wildman–Crippen MR) is 133 cm³/mol. The molecule has 0 aliphatic carbocycles. The lowest BCUT2D eigenvalue weighted by Gasteiger charge is -2.42. The van der Waals surface area contributed by atoms with Crippen molar-refractivity contribution in [3.05, 3.63) is 35.4 Å². The van der Waals surface area contributed by atoms with E-state index in [2.05, 4.69) is 19.2 Å². The number of hydrogen-bond acceptors (Lipinski definition) is 3. The summed E-state index contributed by atoms with van der Waals surface area (Å²) in [5.41, 5.74) is 1.64. The van der Waals surface area contributed by atoms with Gasteiger partial charge in [0, 0.05) is 37.2 Å². The molecule has 184 valence electrons. The Kier molecular flexibility index (Phi) is 10.4. The summed E-state index contributed by atoms with van der Waals surface area (Å²) in [4.78, 5) is 43.2. The number of nitrogens with zero attached hydrogens (tertiary/aromatic N) is 2. The van der Waals surface area contributed by atoms with Crippen LogP contribution in [0.3, 0.4) is 0 Å². The molecule has 0 spiro atoms. The minimum atomic E-state index is -0.578. The molecule has 1 fully saturated rings. The van der Waals surface area contributed by atoms with E-state index >= 15 is 0 Å². The molecular weight excluding hydrogens is 414 g/mol. The highest BCUT2D eigenvalue weighted by atomic mass is 16.2. The van der Waals surface area contributed by atoms with E-state index in [9.17, 15) is 14.4 Å². The Hall–Kier alpha value is -2.37. The summed E-state index contributed by atoms with van der Waals surface area (Å²) in [6, 6.07) is 6.77. The maximum absolute atomic E-state index is 13.5. The Balaban J connectivity index is 2.07. The van der Waals surface area contributed by atoms with Crippen molar-refractivity contribution in [2.45, 2.75) is 85.7 Å². The van der Waals surface area contributed by atoms with Crippen molar-refractivity contribution in [1.82, 2.24) is 15.1 Å². The molecule has 0 bridgehead atoms. The molecule has 1 saturated heterocycles. The number of amides is 3. The number of unbranched alkanes of at least 4 members (excludes halogenated alkanes) is 1. The van der Waals surface area contributed by atoms with E-state index in [0.29, 0.717) is 25.2 Å². The van der Waals surface area contributed by atoms with Crippen LogP contribution in [0.1, 0.15) is 82.6 Å². The Bertz CT molecular complexity index is 792. The number of carbonyl (C=O) groups is 3. The van der Waals surface area contributed by atoms with Gasteiger partial charge in [-0.3, -0.25) is 14.4 Å². The standard InChI is InChI=1S/C27H43N3O3/c1-7-10-11-22(9-3)26(32)30-17-16-29(18-21(30)6)27(33)24(20(5)8-2)28-25(31)23-14-12-19(4)13-15-23/h12-15,20-22,24H,7-11,16-18H2,1-6H3,(H,28,31)/t20-,21+,22-,24+/m0/s1. The molecule has 0 saturated carbocycles. The molecule has 0 aromatic heterocycles. The van der Waals surface area contributed by atoms with E-state index in [-0.39, 0.29) is 35.6 Å². The van der Waals surface area contributed by atoms with Gasteiger partial charge in [-0.15, -0.1) is 0 Å². The average Bonchev–Trinajstić information content (AvgIpc) is 2.82. The minimum absolute atomic E-state index is 0.0142. The first-order valence-electron chi connectivity index (χ1n) is 12.7. The Morgan fingerprint density at radius 1 is 1.03 bits per heavy atom. The third-order valence-corrected chi connectivity index (χ3v) is 7.05. The number of rotatable bonds is 10. The summed E-state index contributed by atoms with van der Waals surface area (Å²) in [6.45, 7) is 13.8. The van der Waals surface area contributed by atoms with Gasteiger partial charge in [0.15, 0.2) is 0 Å². The van der Waals surface area contributed by atoms with Gasteiger partial charge in [-0.2, -0.15) is 0 Å². The number of benzene rings is 1. The fourth-order valence-electron chi connectivity index (χ4n) is 4.48. The molecule has 6 nitrogen and oxygen atoms in total. The zero-order valence-corrected chi connectivity index (χ0v) is 21.4. The van der Waals surface area contributed by atoms with Crippen molar-refractivity contribution in [2.24, 2.45) is 11.8 Å². The Labute approximate surface area is 200 Å². The quantitative estimate of drug-likeness (QED) is 0.566. The lowest BCUT2D eigenvalue weighted by atomic mass is 9.95. The van der Waals surface area contributed by atoms with E-state index in [1.807, 2.05) is 49.6 Å². The number of hydrogen-bond donors (Lipinski definition) is 1. The smallest absolute Gasteiger partial charge is 0.251 e. The lowest BCUT2D eigenvalue weighted by Crippen LogP contribution is -2.60. The summed E-state index contributed by atoms with van der Waals surface area (Å²) >= 11 is 0. The SMILES string of the molecule is CCCC[C@H](CC)C(=O)N1CCN(C(=O)[C@H](NC(=O)c2ccc(C)cc2)[C@@H](C)CC)C[C@H]1C. The molecule has 1 aliphatic rings. The van der Waals surface area contributed by atoms with Gasteiger partial charge in [-0.25, -0.2) is 0 Å². The van der Waals surface area contributed by atoms with Gasteiger partial charge in [0.2, 0.25) is 11.8 Å². The van der Waals surface area contributed by atoms with Crippen LogP contribution in [-0.4, -0.2) is 59.2 Å². The normalized spacial score (nSPS) is 19.0. The Morgan fingerprint density at radius 3 is 2.24 bits per heavy atom. The van der Waals surface area contributed by atoms with E-state index in [1.165, 1.54) is 0 Å². The van der Waals surface area contributed by atoms with Crippen LogP contribution in [0.4, 0.5) is 0 Å². The summed E-state index contributed by atoms with van der Waals surface area (Å²) in [6.07, 6.45) is 4.72. The van der Waals surface area contributed by atoms with E-state index in [4.69, 9.17) is 0 Å². The maximum Gasteiger partial charge on any atom is 0.251 e. The highest BCUT2D eigenvalue weighted by Gasteiger charge is 2.36. The van der Waals surface area contributed by atoms with Gasteiger partial charge in [0.25, 0.3) is 5.91 Å². The van der Waals surface area contributed by atoms with Gasteiger partial charge < -0.3 is 15.1 Å². The second-order valence-electron chi connectivity index (χ2n) is 9.61. The molecule has 3 amide bonds. The molecule has 0 radical (unpaired) electrons. The van der Waals surface area contributed by atoms with E-state index in [0.717, 1.165) is 37.7 Å². The fourth-order valence-corrected chi connectivity index (χ4v) is 4.48. The third kappa shape index (κ3) is 7.05. The van der Waals surface area contributed by atoms with E-state index in [1.54, 1.807) is 12.1 Å². The van der Waals surface area contributed by atoms with Crippen molar-refractivity contribution in [3.8, 4) is 0 Å². The van der Waals surface area contributed by atoms with Crippen LogP contribution in [0.15, 0.2) is 24.3 Å². The van der Waals surface area contributed by atoms with Crippen LogP contribution in [0.5, 0.6) is 0 Å². The van der Waals surface area contributed by atoms with Gasteiger partial charge >= 0.3 is 0 Å². The molecule has 2 rings (SSSR count). The molecule has 1 aliphatic heterocycles. The molecule has 1 aromatic carbocycles. The zero-order chi connectivity index (χ0) is 24.5. The monoisotopic (exact) mass is 457 g/mol. The largest absolute Gasteiger partial charge is 0.340 e. The van der Waals surface area contributed by atoms with Crippen molar-refractivity contribution >= 4 is 17.7 Å². The fraction of sp³-hybridized carbons (Fsp3) is 0.667. The number of piperazine rings is 1.